The largest absolute Gasteiger partial charge is 0.399 e. The van der Waals surface area contributed by atoms with Gasteiger partial charge in [-0.3, -0.25) is 0 Å². The van der Waals surface area contributed by atoms with Crippen LogP contribution >= 0.6 is 0 Å². The van der Waals surface area contributed by atoms with Gasteiger partial charge < -0.3 is 21.2 Å². The predicted molar refractivity (Wildman–Crippen MR) is 54.2 cm³/mol. The van der Waals surface area contributed by atoms with Gasteiger partial charge in [0.05, 0.1) is 0 Å². The molecule has 0 amide bonds. The van der Waals surface area contributed by atoms with Crippen molar-refractivity contribution in [3.63, 3.8) is 0 Å². The van der Waals surface area contributed by atoms with Gasteiger partial charge >= 0.3 is 0 Å². The number of nitrogens with one attached hydrogen (secondary N) is 2. The normalized spacial score (nSPS) is 9.62. The summed E-state index contributed by atoms with van der Waals surface area (Å²) in [7, 11) is 1.60. The third-order valence-electron chi connectivity index (χ3n) is 1.64. The molecule has 4 nitrogen and oxygen atoms in total. The van der Waals surface area contributed by atoms with Crippen LogP contribution in [0, 0.1) is 5.41 Å². The van der Waals surface area contributed by atoms with Crippen molar-refractivity contribution in [3.8, 4) is 0 Å². The van der Waals surface area contributed by atoms with Crippen molar-refractivity contribution in [2.24, 2.45) is 0 Å². The minimum absolute atomic E-state index is 0.407. The van der Waals surface area contributed by atoms with E-state index in [-0.39, 0.29) is 0 Å². The lowest BCUT2D eigenvalue weighted by Crippen LogP contribution is -2.05. The lowest BCUT2D eigenvalue weighted by Gasteiger charge is -2.08. The van der Waals surface area contributed by atoms with Crippen molar-refractivity contribution in [2.45, 2.75) is 0 Å². The second-order valence-corrected chi connectivity index (χ2v) is 2.60. The van der Waals surface area contributed by atoms with Crippen LogP contribution in [0.15, 0.2) is 18.2 Å². The van der Waals surface area contributed by atoms with E-state index in [1.54, 1.807) is 25.3 Å². The highest BCUT2D eigenvalue weighted by atomic mass is 16.5. The molecule has 0 saturated heterocycles. The topological polar surface area (TPSA) is 71.1 Å². The fraction of sp³-hybridized carbons (Fsp3) is 0.222. The lowest BCUT2D eigenvalue weighted by molar-refractivity contribution is 0.221. The first-order valence-electron chi connectivity index (χ1n) is 3.90. The van der Waals surface area contributed by atoms with Crippen LogP contribution in [0.2, 0.25) is 0 Å². The van der Waals surface area contributed by atoms with Gasteiger partial charge in [0, 0.05) is 30.3 Å². The average Bonchev–Trinajstić information content (AvgIpc) is 2.15. The quantitative estimate of drug-likeness (QED) is 0.370. The van der Waals surface area contributed by atoms with Crippen LogP contribution in [-0.4, -0.2) is 20.1 Å². The van der Waals surface area contributed by atoms with Gasteiger partial charge in [-0.05, 0) is 18.2 Å². The molecule has 0 radical (unpaired) electrons. The number of methoxy groups -OCH3 is 1. The highest BCUT2D eigenvalue weighted by Crippen LogP contribution is 2.16. The summed E-state index contributed by atoms with van der Waals surface area (Å²) in [6.45, 7) is 0.407. The Morgan fingerprint density at radius 3 is 3.00 bits per heavy atom. The zero-order valence-corrected chi connectivity index (χ0v) is 7.50. The van der Waals surface area contributed by atoms with E-state index in [4.69, 9.17) is 15.9 Å². The second kappa shape index (κ2) is 4.47. The third-order valence-corrected chi connectivity index (χ3v) is 1.64. The first-order chi connectivity index (χ1) is 6.27. The van der Waals surface area contributed by atoms with Gasteiger partial charge in [0.2, 0.25) is 0 Å². The number of hydrogen-bond donors (Lipinski definition) is 3. The van der Waals surface area contributed by atoms with Crippen molar-refractivity contribution in [1.29, 1.82) is 5.41 Å². The monoisotopic (exact) mass is 179 g/mol. The van der Waals surface area contributed by atoms with Crippen molar-refractivity contribution in [3.05, 3.63) is 23.8 Å². The van der Waals surface area contributed by atoms with Gasteiger partial charge in [-0.1, -0.05) is 0 Å². The molecule has 0 saturated carbocycles. The van der Waals surface area contributed by atoms with E-state index in [1.165, 1.54) is 6.21 Å². The van der Waals surface area contributed by atoms with E-state index >= 15 is 0 Å². The van der Waals surface area contributed by atoms with E-state index in [2.05, 4.69) is 5.32 Å². The van der Waals surface area contributed by atoms with Crippen LogP contribution in [0.25, 0.3) is 0 Å². The second-order valence-electron chi connectivity index (χ2n) is 2.60. The van der Waals surface area contributed by atoms with Gasteiger partial charge in [-0.2, -0.15) is 0 Å². The molecule has 1 aromatic rings. The van der Waals surface area contributed by atoms with Crippen LogP contribution in [0.3, 0.4) is 0 Å². The number of nitrogen functional groups attached to an aromatic ring is 1. The molecule has 0 aromatic heterocycles. The molecule has 0 spiro atoms. The molecule has 0 aliphatic carbocycles. The standard InChI is InChI=1S/C9H13N3O/c1-13-6-12-9-4-8(11)3-2-7(9)5-10/h2-5,10,12H,6,11H2,1H3. The maximum absolute atomic E-state index is 7.14. The van der Waals surface area contributed by atoms with Gasteiger partial charge in [0.15, 0.2) is 0 Å². The molecule has 1 aromatic carbocycles. The summed E-state index contributed by atoms with van der Waals surface area (Å²) < 4.78 is 4.86. The Kier molecular flexibility index (Phi) is 3.28. The Morgan fingerprint density at radius 1 is 1.62 bits per heavy atom. The Morgan fingerprint density at radius 2 is 2.38 bits per heavy atom. The summed E-state index contributed by atoms with van der Waals surface area (Å²) >= 11 is 0. The van der Waals surface area contributed by atoms with Crippen molar-refractivity contribution in [2.75, 3.05) is 24.9 Å². The summed E-state index contributed by atoms with van der Waals surface area (Å²) in [5.74, 6) is 0. The maximum atomic E-state index is 7.14. The molecule has 1 rings (SSSR count). The van der Waals surface area contributed by atoms with Gasteiger partial charge in [-0.25, -0.2) is 0 Å². The Bertz CT molecular complexity index is 299. The summed E-state index contributed by atoms with van der Waals surface area (Å²) in [6.07, 6.45) is 1.28. The van der Waals surface area contributed by atoms with Gasteiger partial charge in [0.1, 0.15) is 6.73 Å². The predicted octanol–water partition coefficient (Wildman–Crippen LogP) is 1.28. The first kappa shape index (κ1) is 9.54. The van der Waals surface area contributed by atoms with Gasteiger partial charge in [-0.15, -0.1) is 0 Å². The van der Waals surface area contributed by atoms with Gasteiger partial charge in [0.25, 0.3) is 0 Å². The molecular formula is C9H13N3O. The highest BCUT2D eigenvalue weighted by Gasteiger charge is 1.98. The number of ether oxygens (including phenoxy) is 1. The number of anilines is 2. The summed E-state index contributed by atoms with van der Waals surface area (Å²) in [6, 6.07) is 5.33. The van der Waals surface area contributed by atoms with E-state index < -0.39 is 0 Å². The van der Waals surface area contributed by atoms with Crippen molar-refractivity contribution < 1.29 is 4.74 Å². The smallest absolute Gasteiger partial charge is 0.116 e. The lowest BCUT2D eigenvalue weighted by atomic mass is 10.2. The van der Waals surface area contributed by atoms with Crippen molar-refractivity contribution >= 4 is 17.6 Å². The fourth-order valence-electron chi connectivity index (χ4n) is 1.00. The molecular weight excluding hydrogens is 166 g/mol. The Labute approximate surface area is 77.2 Å². The van der Waals surface area contributed by atoms with Crippen molar-refractivity contribution in [1.82, 2.24) is 0 Å². The molecule has 70 valence electrons. The molecule has 0 atom stereocenters. The van der Waals surface area contributed by atoms with Crippen LogP contribution in [0.5, 0.6) is 0 Å². The molecule has 4 N–H and O–H groups in total. The minimum Gasteiger partial charge on any atom is -0.399 e. The zero-order chi connectivity index (χ0) is 9.68. The molecule has 0 aliphatic rings. The molecule has 0 bridgehead atoms. The molecule has 0 fully saturated rings. The number of rotatable bonds is 4. The zero-order valence-electron chi connectivity index (χ0n) is 7.50. The van der Waals surface area contributed by atoms with Crippen LogP contribution in [0.4, 0.5) is 11.4 Å². The summed E-state index contributed by atoms with van der Waals surface area (Å²) in [5.41, 5.74) is 7.88. The number of nitrogens with two attached hydrogens (primary N) is 1. The van der Waals surface area contributed by atoms with E-state index in [0.717, 1.165) is 11.3 Å². The Hall–Kier alpha value is -1.55. The number of benzene rings is 1. The summed E-state index contributed by atoms with van der Waals surface area (Å²) in [5, 5.41) is 10.1. The molecule has 0 unspecified atom stereocenters. The van der Waals surface area contributed by atoms with E-state index in [1.807, 2.05) is 0 Å². The first-order valence-corrected chi connectivity index (χ1v) is 3.90. The molecule has 0 heterocycles. The highest BCUT2D eigenvalue weighted by molar-refractivity contribution is 5.86. The molecule has 0 aliphatic heterocycles. The van der Waals surface area contributed by atoms with Crippen LogP contribution in [0.1, 0.15) is 5.56 Å². The third kappa shape index (κ3) is 2.45. The minimum atomic E-state index is 0.407. The SMILES string of the molecule is COCNc1cc(N)ccc1C=N. The summed E-state index contributed by atoms with van der Waals surface area (Å²) in [4.78, 5) is 0. The number of hydrogen-bond acceptors (Lipinski definition) is 4. The van der Waals surface area contributed by atoms with E-state index in [9.17, 15) is 0 Å². The van der Waals surface area contributed by atoms with Crippen LogP contribution in [-0.2, 0) is 4.74 Å². The fourth-order valence-corrected chi connectivity index (χ4v) is 1.00. The maximum Gasteiger partial charge on any atom is 0.116 e. The Balaban J connectivity index is 2.87. The molecule has 13 heavy (non-hydrogen) atoms. The van der Waals surface area contributed by atoms with E-state index in [0.29, 0.717) is 12.4 Å². The molecule has 4 heteroatoms. The van der Waals surface area contributed by atoms with Crippen LogP contribution < -0.4 is 11.1 Å². The average molecular weight is 179 g/mol.